The molecule has 1 unspecified atom stereocenters. The predicted molar refractivity (Wildman–Crippen MR) is 99.5 cm³/mol. The van der Waals surface area contributed by atoms with Crippen LogP contribution in [0.4, 0.5) is 4.39 Å². The fraction of sp³-hybridized carbons (Fsp3) is 0.636. The lowest BCUT2D eigenvalue weighted by Crippen LogP contribution is -2.68. The van der Waals surface area contributed by atoms with Crippen LogP contribution < -0.4 is 0 Å². The van der Waals surface area contributed by atoms with E-state index in [1.165, 1.54) is 18.2 Å². The molecule has 3 saturated carbocycles. The summed E-state index contributed by atoms with van der Waals surface area (Å²) in [5.74, 6) is -6.07. The first-order chi connectivity index (χ1) is 13.3. The van der Waals surface area contributed by atoms with Gasteiger partial charge in [-0.3, -0.25) is 14.4 Å². The third kappa shape index (κ3) is 2.09. The molecule has 3 fully saturated rings. The summed E-state index contributed by atoms with van der Waals surface area (Å²) >= 11 is 0. The second-order valence-corrected chi connectivity index (χ2v) is 9.63. The zero-order chi connectivity index (χ0) is 21.6. The first kappa shape index (κ1) is 20.1. The smallest absolute Gasteiger partial charge is 0.375 e. The Labute approximate surface area is 167 Å². The fourth-order valence-corrected chi connectivity index (χ4v) is 6.92. The van der Waals surface area contributed by atoms with Gasteiger partial charge in [0.15, 0.2) is 17.2 Å². The van der Waals surface area contributed by atoms with Crippen molar-refractivity contribution in [1.29, 1.82) is 0 Å². The van der Waals surface area contributed by atoms with E-state index in [1.54, 1.807) is 20.8 Å². The van der Waals surface area contributed by atoms with Crippen molar-refractivity contribution in [1.82, 2.24) is 0 Å². The maximum absolute atomic E-state index is 16.8. The summed E-state index contributed by atoms with van der Waals surface area (Å²) in [6.45, 7) is 4.76. The number of rotatable bonds is 2. The van der Waals surface area contributed by atoms with Crippen LogP contribution in [0.1, 0.15) is 46.5 Å². The van der Waals surface area contributed by atoms with Gasteiger partial charge < -0.3 is 10.2 Å². The van der Waals surface area contributed by atoms with E-state index in [-0.39, 0.29) is 12.2 Å². The number of halogens is 1. The van der Waals surface area contributed by atoms with Crippen molar-refractivity contribution in [2.24, 2.45) is 28.6 Å². The first-order valence-corrected chi connectivity index (χ1v) is 10.0. The minimum Gasteiger partial charge on any atom is -0.475 e. The van der Waals surface area contributed by atoms with Crippen LogP contribution in [0.2, 0.25) is 0 Å². The molecule has 0 spiro atoms. The van der Waals surface area contributed by atoms with Gasteiger partial charge in [-0.15, -0.1) is 0 Å². The third-order valence-corrected chi connectivity index (χ3v) is 8.53. The Balaban J connectivity index is 1.86. The van der Waals surface area contributed by atoms with Gasteiger partial charge in [0.2, 0.25) is 0 Å². The molecule has 0 heterocycles. The third-order valence-electron chi connectivity index (χ3n) is 8.53. The van der Waals surface area contributed by atoms with E-state index in [9.17, 15) is 29.4 Å². The number of alkyl halides is 1. The topological polar surface area (TPSA) is 109 Å². The van der Waals surface area contributed by atoms with Crippen molar-refractivity contribution in [2.45, 2.75) is 57.7 Å². The average Bonchev–Trinajstić information content (AvgIpc) is 2.84. The van der Waals surface area contributed by atoms with Crippen LogP contribution in [0.5, 0.6) is 0 Å². The highest BCUT2D eigenvalue weighted by molar-refractivity contribution is 6.36. The molecule has 4 aliphatic rings. The van der Waals surface area contributed by atoms with E-state index in [0.717, 1.165) is 0 Å². The zero-order valence-corrected chi connectivity index (χ0v) is 16.7. The van der Waals surface area contributed by atoms with Gasteiger partial charge in [-0.1, -0.05) is 25.5 Å². The van der Waals surface area contributed by atoms with Crippen LogP contribution in [-0.2, 0) is 19.2 Å². The van der Waals surface area contributed by atoms with E-state index in [1.807, 2.05) is 0 Å². The Morgan fingerprint density at radius 3 is 2.48 bits per heavy atom. The van der Waals surface area contributed by atoms with E-state index >= 15 is 4.39 Å². The highest BCUT2D eigenvalue weighted by Crippen LogP contribution is 2.69. The van der Waals surface area contributed by atoms with E-state index in [4.69, 9.17) is 0 Å². The van der Waals surface area contributed by atoms with Gasteiger partial charge in [-0.05, 0) is 50.2 Å². The van der Waals surface area contributed by atoms with Gasteiger partial charge in [0.1, 0.15) is 5.60 Å². The molecular formula is C22H25FO6. The highest BCUT2D eigenvalue weighted by Gasteiger charge is 2.76. The lowest BCUT2D eigenvalue weighted by molar-refractivity contribution is -0.189. The number of hydrogen-bond acceptors (Lipinski definition) is 5. The Morgan fingerprint density at radius 2 is 1.86 bits per heavy atom. The second-order valence-electron chi connectivity index (χ2n) is 9.63. The van der Waals surface area contributed by atoms with E-state index in [2.05, 4.69) is 0 Å². The van der Waals surface area contributed by atoms with Crippen LogP contribution >= 0.6 is 0 Å². The number of carbonyl (C=O) groups is 4. The van der Waals surface area contributed by atoms with Crippen molar-refractivity contribution in [2.75, 3.05) is 0 Å². The molecule has 0 bridgehead atoms. The number of aliphatic hydroxyl groups is 1. The molecule has 2 N–H and O–H groups in total. The summed E-state index contributed by atoms with van der Waals surface area (Å²) in [4.78, 5) is 49.1. The van der Waals surface area contributed by atoms with Crippen LogP contribution in [0.3, 0.4) is 0 Å². The number of Topliss-reactive ketones (excluding diaryl/α,β-unsaturated/α-hetero) is 2. The molecule has 156 valence electrons. The second kappa shape index (κ2) is 5.72. The standard InChI is InChI=1S/C22H25FO6/c1-11-8-15-14-5-4-12-9-13(24)6-7-19(12,2)21(14,23)16(25)10-20(15,3)22(11,29)17(26)18(27)28/h6-7,9,11,14-15,29H,4-5,8,10H2,1-3H3,(H,27,28)/t11?,14-,15-,19-,20-,21-,22-/m0/s1. The molecule has 7 heteroatoms. The van der Waals surface area contributed by atoms with Gasteiger partial charge in [0, 0.05) is 23.2 Å². The molecule has 29 heavy (non-hydrogen) atoms. The van der Waals surface area contributed by atoms with Crippen molar-refractivity contribution >= 4 is 23.3 Å². The Bertz CT molecular complexity index is 920. The summed E-state index contributed by atoms with van der Waals surface area (Å²) in [5, 5.41) is 20.6. The van der Waals surface area contributed by atoms with Crippen molar-refractivity contribution in [3.05, 3.63) is 23.8 Å². The van der Waals surface area contributed by atoms with Crippen LogP contribution in [0.25, 0.3) is 0 Å². The molecular weight excluding hydrogens is 379 g/mol. The monoisotopic (exact) mass is 404 g/mol. The SMILES string of the molecule is CC1C[C@H]2[C@@H]3CCC4=CC(=O)C=C[C@]4(C)[C@@]3(F)C(=O)C[C@]2(C)[C@@]1(O)C(=O)C(=O)O. The quantitative estimate of drug-likeness (QED) is 0.683. The number of allylic oxidation sites excluding steroid dienone is 4. The van der Waals surface area contributed by atoms with Crippen LogP contribution in [0, 0.1) is 28.6 Å². The van der Waals surface area contributed by atoms with Gasteiger partial charge in [-0.2, -0.15) is 0 Å². The Morgan fingerprint density at radius 1 is 1.21 bits per heavy atom. The van der Waals surface area contributed by atoms with E-state index in [0.29, 0.717) is 18.4 Å². The van der Waals surface area contributed by atoms with Crippen molar-refractivity contribution in [3.63, 3.8) is 0 Å². The molecule has 0 amide bonds. The maximum Gasteiger partial charge on any atom is 0.375 e. The molecule has 0 aromatic carbocycles. The lowest BCUT2D eigenvalue weighted by Gasteiger charge is -2.59. The fourth-order valence-electron chi connectivity index (χ4n) is 6.92. The summed E-state index contributed by atoms with van der Waals surface area (Å²) in [6.07, 6.45) is 4.74. The Kier molecular flexibility index (Phi) is 3.97. The summed E-state index contributed by atoms with van der Waals surface area (Å²) in [6, 6.07) is 0. The molecule has 0 radical (unpaired) electrons. The summed E-state index contributed by atoms with van der Waals surface area (Å²) in [5.41, 5.74) is -6.52. The number of aliphatic carboxylic acids is 1. The minimum atomic E-state index is -2.27. The molecule has 0 aromatic heterocycles. The lowest BCUT2D eigenvalue weighted by atomic mass is 9.45. The molecule has 0 aliphatic heterocycles. The Hall–Kier alpha value is -2.15. The predicted octanol–water partition coefficient (Wildman–Crippen LogP) is 2.20. The van der Waals surface area contributed by atoms with Gasteiger partial charge >= 0.3 is 5.97 Å². The zero-order valence-electron chi connectivity index (χ0n) is 16.7. The van der Waals surface area contributed by atoms with Crippen molar-refractivity contribution in [3.8, 4) is 0 Å². The van der Waals surface area contributed by atoms with Crippen LogP contribution in [0.15, 0.2) is 23.8 Å². The number of hydrogen-bond donors (Lipinski definition) is 2. The molecule has 0 saturated heterocycles. The first-order valence-electron chi connectivity index (χ1n) is 10.0. The van der Waals surface area contributed by atoms with Gasteiger partial charge in [0.05, 0.1) is 0 Å². The number of ketones is 3. The number of fused-ring (bicyclic) bond motifs is 5. The molecule has 0 aromatic rings. The molecule has 4 rings (SSSR count). The summed E-state index contributed by atoms with van der Waals surface area (Å²) < 4.78 is 16.8. The number of carboxylic acid groups (broad SMARTS) is 1. The van der Waals surface area contributed by atoms with Gasteiger partial charge in [0.25, 0.3) is 5.78 Å². The average molecular weight is 404 g/mol. The normalized spacial score (nSPS) is 48.4. The molecule has 7 atom stereocenters. The number of carbonyl (C=O) groups excluding carboxylic acids is 3. The minimum absolute atomic E-state index is 0.233. The molecule has 4 aliphatic carbocycles. The maximum atomic E-state index is 16.8. The molecule has 6 nitrogen and oxygen atoms in total. The number of carboxylic acids is 1. The van der Waals surface area contributed by atoms with Crippen LogP contribution in [-0.4, -0.2) is 44.8 Å². The van der Waals surface area contributed by atoms with E-state index < -0.39 is 63.8 Å². The largest absolute Gasteiger partial charge is 0.475 e. The summed E-state index contributed by atoms with van der Waals surface area (Å²) in [7, 11) is 0. The van der Waals surface area contributed by atoms with Gasteiger partial charge in [-0.25, -0.2) is 9.18 Å². The van der Waals surface area contributed by atoms with Crippen molar-refractivity contribution < 1.29 is 33.8 Å². The highest BCUT2D eigenvalue weighted by atomic mass is 19.1.